The smallest absolute Gasteiger partial charge is 0.358 e. The molecule has 0 aromatic heterocycles. The second-order valence-corrected chi connectivity index (χ2v) is 5.09. The van der Waals surface area contributed by atoms with Crippen LogP contribution in [0.3, 0.4) is 0 Å². The number of carbonyl (C=O) groups is 1. The van der Waals surface area contributed by atoms with Crippen LogP contribution in [0.4, 0.5) is 8.78 Å². The number of rotatable bonds is 4. The standard InChI is InChI=1S/C14H15F2NO3/c1-14(7-2-3-8-14)20-17-12(13(18)19)11-9(15)5-4-6-10(11)16/h4-6H,2-3,7-8H2,1H3,(H,18,19)/b17-12-. The van der Waals surface area contributed by atoms with Gasteiger partial charge in [0.25, 0.3) is 0 Å². The first-order valence-corrected chi connectivity index (χ1v) is 6.37. The van der Waals surface area contributed by atoms with Crippen molar-refractivity contribution in [1.82, 2.24) is 0 Å². The second kappa shape index (κ2) is 5.56. The first kappa shape index (κ1) is 14.4. The predicted octanol–water partition coefficient (Wildman–Crippen LogP) is 3.10. The van der Waals surface area contributed by atoms with Gasteiger partial charge in [0.1, 0.15) is 17.2 Å². The van der Waals surface area contributed by atoms with Crippen molar-refractivity contribution in [3.63, 3.8) is 0 Å². The number of halogens is 2. The molecule has 0 amide bonds. The summed E-state index contributed by atoms with van der Waals surface area (Å²) in [5, 5.41) is 12.6. The molecule has 20 heavy (non-hydrogen) atoms. The zero-order chi connectivity index (χ0) is 14.8. The SMILES string of the molecule is CC1(O/N=C(\C(=O)O)c2c(F)cccc2F)CCCC1. The molecule has 0 unspecified atom stereocenters. The number of carboxylic acid groups (broad SMARTS) is 1. The Morgan fingerprint density at radius 3 is 2.35 bits per heavy atom. The normalized spacial score (nSPS) is 18.1. The Kier molecular flexibility index (Phi) is 4.01. The summed E-state index contributed by atoms with van der Waals surface area (Å²) in [5.41, 5.74) is -2.00. The van der Waals surface area contributed by atoms with E-state index >= 15 is 0 Å². The Bertz CT molecular complexity index is 531. The molecule has 1 N–H and O–H groups in total. The molecule has 1 aliphatic carbocycles. The lowest BCUT2D eigenvalue weighted by atomic mass is 10.1. The molecule has 0 heterocycles. The summed E-state index contributed by atoms with van der Waals surface area (Å²) in [6.07, 6.45) is 3.40. The summed E-state index contributed by atoms with van der Waals surface area (Å²) in [6.45, 7) is 1.81. The Morgan fingerprint density at radius 1 is 1.30 bits per heavy atom. The van der Waals surface area contributed by atoms with Crippen LogP contribution in [0.5, 0.6) is 0 Å². The molecule has 0 radical (unpaired) electrons. The number of nitrogens with zero attached hydrogens (tertiary/aromatic N) is 1. The maximum atomic E-state index is 13.6. The predicted molar refractivity (Wildman–Crippen MR) is 68.5 cm³/mol. The van der Waals surface area contributed by atoms with Gasteiger partial charge in [-0.05, 0) is 44.7 Å². The minimum absolute atomic E-state index is 0.567. The number of benzene rings is 1. The Balaban J connectivity index is 2.34. The van der Waals surface area contributed by atoms with Gasteiger partial charge >= 0.3 is 5.97 Å². The largest absolute Gasteiger partial charge is 0.476 e. The average molecular weight is 283 g/mol. The van der Waals surface area contributed by atoms with Gasteiger partial charge in [-0.25, -0.2) is 13.6 Å². The van der Waals surface area contributed by atoms with Gasteiger partial charge in [0, 0.05) is 0 Å². The third kappa shape index (κ3) is 2.95. The van der Waals surface area contributed by atoms with E-state index in [4.69, 9.17) is 9.94 Å². The molecule has 4 nitrogen and oxygen atoms in total. The van der Waals surface area contributed by atoms with Crippen molar-refractivity contribution in [3.05, 3.63) is 35.4 Å². The molecule has 0 saturated heterocycles. The highest BCUT2D eigenvalue weighted by Crippen LogP contribution is 2.33. The molecule has 108 valence electrons. The third-order valence-corrected chi connectivity index (χ3v) is 3.42. The molecule has 2 rings (SSSR count). The van der Waals surface area contributed by atoms with Crippen LogP contribution in [0.1, 0.15) is 38.2 Å². The van der Waals surface area contributed by atoms with Crippen LogP contribution in [0.15, 0.2) is 23.4 Å². The van der Waals surface area contributed by atoms with Crippen molar-refractivity contribution in [2.24, 2.45) is 5.16 Å². The molecule has 1 aliphatic rings. The molecule has 0 atom stereocenters. The van der Waals surface area contributed by atoms with E-state index < -0.39 is 34.5 Å². The van der Waals surface area contributed by atoms with Crippen molar-refractivity contribution >= 4 is 11.7 Å². The van der Waals surface area contributed by atoms with Crippen molar-refractivity contribution < 1.29 is 23.5 Å². The van der Waals surface area contributed by atoms with E-state index in [0.717, 1.165) is 43.9 Å². The highest BCUT2D eigenvalue weighted by molar-refractivity contribution is 6.42. The maximum absolute atomic E-state index is 13.6. The van der Waals surface area contributed by atoms with Gasteiger partial charge < -0.3 is 9.94 Å². The van der Waals surface area contributed by atoms with Crippen LogP contribution < -0.4 is 0 Å². The molecule has 0 spiro atoms. The lowest BCUT2D eigenvalue weighted by molar-refractivity contribution is -0.129. The Labute approximate surface area is 115 Å². The third-order valence-electron chi connectivity index (χ3n) is 3.42. The Hall–Kier alpha value is -1.98. The van der Waals surface area contributed by atoms with E-state index in [1.165, 1.54) is 0 Å². The van der Waals surface area contributed by atoms with Crippen molar-refractivity contribution in [3.8, 4) is 0 Å². The van der Waals surface area contributed by atoms with Crippen LogP contribution in [0.2, 0.25) is 0 Å². The molecule has 6 heteroatoms. The van der Waals surface area contributed by atoms with E-state index in [0.29, 0.717) is 0 Å². The zero-order valence-electron chi connectivity index (χ0n) is 11.0. The quantitative estimate of drug-likeness (QED) is 0.682. The number of aliphatic carboxylic acids is 1. The van der Waals surface area contributed by atoms with Gasteiger partial charge in [-0.15, -0.1) is 0 Å². The monoisotopic (exact) mass is 283 g/mol. The summed E-state index contributed by atoms with van der Waals surface area (Å²) in [5.74, 6) is -3.49. The minimum Gasteiger partial charge on any atom is -0.476 e. The number of carboxylic acids is 1. The van der Waals surface area contributed by atoms with Crippen LogP contribution in [-0.4, -0.2) is 22.4 Å². The van der Waals surface area contributed by atoms with Crippen LogP contribution in [0.25, 0.3) is 0 Å². The van der Waals surface area contributed by atoms with E-state index in [1.807, 2.05) is 0 Å². The first-order chi connectivity index (χ1) is 9.43. The molecule has 0 aliphatic heterocycles. The fraction of sp³-hybridized carbons (Fsp3) is 0.429. The molecule has 1 aromatic carbocycles. The zero-order valence-corrected chi connectivity index (χ0v) is 11.0. The number of oxime groups is 1. The van der Waals surface area contributed by atoms with Crippen LogP contribution >= 0.6 is 0 Å². The van der Waals surface area contributed by atoms with Gasteiger partial charge in [-0.2, -0.15) is 0 Å². The lowest BCUT2D eigenvalue weighted by Crippen LogP contribution is -2.25. The van der Waals surface area contributed by atoms with E-state index in [1.54, 1.807) is 6.92 Å². The summed E-state index contributed by atoms with van der Waals surface area (Å²) in [4.78, 5) is 16.4. The average Bonchev–Trinajstić information content (AvgIpc) is 2.79. The second-order valence-electron chi connectivity index (χ2n) is 5.09. The van der Waals surface area contributed by atoms with Gasteiger partial charge in [-0.1, -0.05) is 11.2 Å². The van der Waals surface area contributed by atoms with E-state index in [2.05, 4.69) is 5.16 Å². The highest BCUT2D eigenvalue weighted by atomic mass is 19.1. The van der Waals surface area contributed by atoms with Gasteiger partial charge in [0.2, 0.25) is 5.71 Å². The molecule has 1 saturated carbocycles. The summed E-state index contributed by atoms with van der Waals surface area (Å²) in [6, 6.07) is 3.12. The Morgan fingerprint density at radius 2 is 1.85 bits per heavy atom. The molecule has 1 aromatic rings. The minimum atomic E-state index is -1.53. The van der Waals surface area contributed by atoms with Crippen LogP contribution in [-0.2, 0) is 9.63 Å². The fourth-order valence-corrected chi connectivity index (χ4v) is 2.29. The fourth-order valence-electron chi connectivity index (χ4n) is 2.29. The van der Waals surface area contributed by atoms with Gasteiger partial charge in [-0.3, -0.25) is 0 Å². The van der Waals surface area contributed by atoms with Crippen molar-refractivity contribution in [1.29, 1.82) is 0 Å². The molecular formula is C14H15F2NO3. The summed E-state index contributed by atoms with van der Waals surface area (Å²) >= 11 is 0. The summed E-state index contributed by atoms with van der Waals surface area (Å²) < 4.78 is 27.2. The first-order valence-electron chi connectivity index (χ1n) is 6.37. The van der Waals surface area contributed by atoms with Crippen LogP contribution in [0, 0.1) is 11.6 Å². The molecule has 1 fully saturated rings. The molecule has 0 bridgehead atoms. The van der Waals surface area contributed by atoms with Gasteiger partial charge in [0.05, 0.1) is 5.56 Å². The van der Waals surface area contributed by atoms with Crippen molar-refractivity contribution in [2.75, 3.05) is 0 Å². The molecular weight excluding hydrogens is 268 g/mol. The summed E-state index contributed by atoms with van der Waals surface area (Å²) in [7, 11) is 0. The van der Waals surface area contributed by atoms with Crippen molar-refractivity contribution in [2.45, 2.75) is 38.2 Å². The number of hydrogen-bond donors (Lipinski definition) is 1. The maximum Gasteiger partial charge on any atom is 0.358 e. The topological polar surface area (TPSA) is 58.9 Å². The van der Waals surface area contributed by atoms with Gasteiger partial charge in [0.15, 0.2) is 0 Å². The lowest BCUT2D eigenvalue weighted by Gasteiger charge is -2.21. The van der Waals surface area contributed by atoms with E-state index in [-0.39, 0.29) is 0 Å². The highest BCUT2D eigenvalue weighted by Gasteiger charge is 2.32. The number of hydrogen-bond acceptors (Lipinski definition) is 3. The van der Waals surface area contributed by atoms with E-state index in [9.17, 15) is 13.6 Å².